The van der Waals surface area contributed by atoms with Crippen LogP contribution in [-0.2, 0) is 4.79 Å². The second-order valence-corrected chi connectivity index (χ2v) is 8.79. The topological polar surface area (TPSA) is 103 Å². The second kappa shape index (κ2) is 7.76. The number of aromatic nitrogens is 3. The lowest BCUT2D eigenvalue weighted by Gasteiger charge is -2.13. The molecule has 0 bridgehead atoms. The molecule has 4 rings (SSSR count). The summed E-state index contributed by atoms with van der Waals surface area (Å²) in [5, 5.41) is 14.0. The van der Waals surface area contributed by atoms with Crippen molar-refractivity contribution in [1.82, 2.24) is 14.8 Å². The average molecular weight is 414 g/mol. The van der Waals surface area contributed by atoms with Gasteiger partial charge in [0.2, 0.25) is 5.91 Å². The number of thiophene rings is 1. The van der Waals surface area contributed by atoms with Crippen molar-refractivity contribution in [3.05, 3.63) is 53.2 Å². The summed E-state index contributed by atoms with van der Waals surface area (Å²) in [6.45, 7) is 1.80. The Morgan fingerprint density at radius 2 is 2.00 bits per heavy atom. The summed E-state index contributed by atoms with van der Waals surface area (Å²) in [5.74, 6) is 0.589. The minimum Gasteiger partial charge on any atom is -0.366 e. The number of rotatable bonds is 7. The van der Waals surface area contributed by atoms with Gasteiger partial charge in [0.1, 0.15) is 10.8 Å². The van der Waals surface area contributed by atoms with Gasteiger partial charge in [-0.25, -0.2) is 0 Å². The summed E-state index contributed by atoms with van der Waals surface area (Å²) in [6.07, 6.45) is 2.22. The Bertz CT molecular complexity index is 1010. The first kappa shape index (κ1) is 18.7. The van der Waals surface area contributed by atoms with Crippen molar-refractivity contribution in [2.45, 2.75) is 36.1 Å². The number of carbonyl (C=O) groups excluding carboxylic acids is 2. The lowest BCUT2D eigenvalue weighted by Crippen LogP contribution is -2.24. The molecule has 9 heteroatoms. The van der Waals surface area contributed by atoms with E-state index in [0.29, 0.717) is 21.6 Å². The molecule has 2 amide bonds. The van der Waals surface area contributed by atoms with Gasteiger partial charge >= 0.3 is 0 Å². The largest absolute Gasteiger partial charge is 0.366 e. The summed E-state index contributed by atoms with van der Waals surface area (Å²) in [5.41, 5.74) is 6.65. The van der Waals surface area contributed by atoms with E-state index in [2.05, 4.69) is 15.5 Å². The van der Waals surface area contributed by atoms with Crippen molar-refractivity contribution in [3.8, 4) is 5.69 Å². The highest BCUT2D eigenvalue weighted by Crippen LogP contribution is 2.41. The molecular formula is C19H19N5O2S2. The van der Waals surface area contributed by atoms with Gasteiger partial charge < -0.3 is 11.1 Å². The summed E-state index contributed by atoms with van der Waals surface area (Å²) in [7, 11) is 0. The van der Waals surface area contributed by atoms with Gasteiger partial charge in [-0.1, -0.05) is 30.0 Å². The molecule has 1 aliphatic carbocycles. The third-order valence-corrected chi connectivity index (χ3v) is 6.31. The summed E-state index contributed by atoms with van der Waals surface area (Å²) < 4.78 is 2.03. The minimum atomic E-state index is -0.560. The summed E-state index contributed by atoms with van der Waals surface area (Å²) in [4.78, 5) is 24.1. The van der Waals surface area contributed by atoms with E-state index < -0.39 is 11.2 Å². The molecule has 1 fully saturated rings. The van der Waals surface area contributed by atoms with Crippen LogP contribution < -0.4 is 11.1 Å². The van der Waals surface area contributed by atoms with Gasteiger partial charge in [-0.2, -0.15) is 0 Å². The number of thioether (sulfide) groups is 1. The summed E-state index contributed by atoms with van der Waals surface area (Å²) in [6, 6.07) is 11.5. The second-order valence-electron chi connectivity index (χ2n) is 6.56. The molecule has 28 heavy (non-hydrogen) atoms. The van der Waals surface area contributed by atoms with Crippen molar-refractivity contribution in [2.75, 3.05) is 5.32 Å². The maximum absolute atomic E-state index is 12.7. The highest BCUT2D eigenvalue weighted by molar-refractivity contribution is 8.00. The molecule has 1 aromatic carbocycles. The number of hydrogen-bond acceptors (Lipinski definition) is 6. The lowest BCUT2D eigenvalue weighted by molar-refractivity contribution is -0.115. The van der Waals surface area contributed by atoms with Crippen LogP contribution in [-0.4, -0.2) is 31.8 Å². The van der Waals surface area contributed by atoms with Gasteiger partial charge in [-0.15, -0.1) is 21.5 Å². The molecule has 1 atom stereocenters. The number of hydrogen-bond donors (Lipinski definition) is 2. The van der Waals surface area contributed by atoms with Gasteiger partial charge in [-0.3, -0.25) is 14.2 Å². The Labute approximate surface area is 170 Å². The number of carbonyl (C=O) groups is 2. The molecule has 3 N–H and O–H groups in total. The molecule has 0 spiro atoms. The Morgan fingerprint density at radius 1 is 1.25 bits per heavy atom. The monoisotopic (exact) mass is 413 g/mol. The lowest BCUT2D eigenvalue weighted by atomic mass is 10.3. The standard InChI is InChI=1S/C19H19N5O2S2/c1-11(17(26)21-18-14(15(20)25)9-10-27-18)28-19-23-22-16(12-7-8-12)24(19)13-5-3-2-4-6-13/h2-6,9-12H,7-8H2,1H3,(H2,20,25)(H,21,26)/t11-/m0/s1. The van der Waals surface area contributed by atoms with Crippen molar-refractivity contribution in [1.29, 1.82) is 0 Å². The number of benzene rings is 1. The number of anilines is 1. The first-order valence-corrected chi connectivity index (χ1v) is 10.7. The third kappa shape index (κ3) is 3.81. The first-order chi connectivity index (χ1) is 13.5. The van der Waals surface area contributed by atoms with Gasteiger partial charge in [0, 0.05) is 11.6 Å². The van der Waals surface area contributed by atoms with E-state index in [1.54, 1.807) is 18.4 Å². The van der Waals surface area contributed by atoms with E-state index in [1.807, 2.05) is 34.9 Å². The molecule has 1 aliphatic rings. The number of para-hydroxylation sites is 1. The van der Waals surface area contributed by atoms with Crippen molar-refractivity contribution in [3.63, 3.8) is 0 Å². The zero-order chi connectivity index (χ0) is 19.7. The van der Waals surface area contributed by atoms with Crippen LogP contribution in [0.25, 0.3) is 5.69 Å². The fourth-order valence-electron chi connectivity index (χ4n) is 2.81. The van der Waals surface area contributed by atoms with Crippen LogP contribution in [0, 0.1) is 0 Å². The van der Waals surface area contributed by atoms with Crippen molar-refractivity contribution in [2.24, 2.45) is 5.73 Å². The number of nitrogens with two attached hydrogens (primary N) is 1. The average Bonchev–Trinajstić information content (AvgIpc) is 3.28. The molecule has 2 aromatic heterocycles. The van der Waals surface area contributed by atoms with Crippen LogP contribution in [0.4, 0.5) is 5.00 Å². The Morgan fingerprint density at radius 3 is 2.68 bits per heavy atom. The molecule has 3 aromatic rings. The fraction of sp³-hybridized carbons (Fsp3) is 0.263. The van der Waals surface area contributed by atoms with Crippen molar-refractivity contribution >= 4 is 39.9 Å². The Balaban J connectivity index is 1.55. The highest BCUT2D eigenvalue weighted by atomic mass is 32.2. The number of nitrogens with zero attached hydrogens (tertiary/aromatic N) is 3. The minimum absolute atomic E-state index is 0.217. The molecule has 7 nitrogen and oxygen atoms in total. The van der Waals surface area contributed by atoms with E-state index in [1.165, 1.54) is 23.1 Å². The predicted octanol–water partition coefficient (Wildman–Crippen LogP) is 3.42. The predicted molar refractivity (Wildman–Crippen MR) is 110 cm³/mol. The molecule has 2 heterocycles. The quantitative estimate of drug-likeness (QED) is 0.578. The van der Waals surface area contributed by atoms with Gasteiger partial charge in [0.25, 0.3) is 5.91 Å². The van der Waals surface area contributed by atoms with Crippen LogP contribution in [0.3, 0.4) is 0 Å². The summed E-state index contributed by atoms with van der Waals surface area (Å²) >= 11 is 2.61. The maximum atomic E-state index is 12.7. The fourth-order valence-corrected chi connectivity index (χ4v) is 4.48. The first-order valence-electron chi connectivity index (χ1n) is 8.90. The molecule has 144 valence electrons. The van der Waals surface area contributed by atoms with Crippen LogP contribution >= 0.6 is 23.1 Å². The van der Waals surface area contributed by atoms with Gasteiger partial charge in [-0.05, 0) is 43.3 Å². The van der Waals surface area contributed by atoms with Crippen LogP contribution in [0.15, 0.2) is 46.9 Å². The van der Waals surface area contributed by atoms with E-state index in [4.69, 9.17) is 5.73 Å². The Hall–Kier alpha value is -2.65. The van der Waals surface area contributed by atoms with E-state index in [-0.39, 0.29) is 5.91 Å². The smallest absolute Gasteiger partial charge is 0.251 e. The number of nitrogens with one attached hydrogen (secondary N) is 1. The molecule has 1 saturated carbocycles. The van der Waals surface area contributed by atoms with Gasteiger partial charge in [0.15, 0.2) is 5.16 Å². The molecule has 0 aliphatic heterocycles. The number of primary amides is 1. The van der Waals surface area contributed by atoms with Crippen LogP contribution in [0.2, 0.25) is 0 Å². The maximum Gasteiger partial charge on any atom is 0.251 e. The molecule has 0 saturated heterocycles. The highest BCUT2D eigenvalue weighted by Gasteiger charge is 2.32. The molecule has 0 radical (unpaired) electrons. The SMILES string of the molecule is C[C@H](Sc1nnc(C2CC2)n1-c1ccccc1)C(=O)Nc1sccc1C(N)=O. The van der Waals surface area contributed by atoms with E-state index in [9.17, 15) is 9.59 Å². The third-order valence-electron chi connectivity index (χ3n) is 4.43. The van der Waals surface area contributed by atoms with Crippen LogP contribution in [0.5, 0.6) is 0 Å². The van der Waals surface area contributed by atoms with Crippen molar-refractivity contribution < 1.29 is 9.59 Å². The molecular weight excluding hydrogens is 394 g/mol. The van der Waals surface area contributed by atoms with E-state index in [0.717, 1.165) is 24.4 Å². The zero-order valence-electron chi connectivity index (χ0n) is 15.2. The zero-order valence-corrected chi connectivity index (χ0v) is 16.8. The molecule has 0 unspecified atom stereocenters. The number of amides is 2. The van der Waals surface area contributed by atoms with E-state index >= 15 is 0 Å². The van der Waals surface area contributed by atoms with Crippen LogP contribution in [0.1, 0.15) is 41.9 Å². The van der Waals surface area contributed by atoms with Gasteiger partial charge in [0.05, 0.1) is 10.8 Å². The normalized spacial score (nSPS) is 14.6. The Kier molecular flexibility index (Phi) is 5.19.